The van der Waals surface area contributed by atoms with Gasteiger partial charge in [-0.3, -0.25) is 4.57 Å². The summed E-state index contributed by atoms with van der Waals surface area (Å²) in [7, 11) is 0. The van der Waals surface area contributed by atoms with Crippen molar-refractivity contribution in [2.45, 2.75) is 19.4 Å². The highest BCUT2D eigenvalue weighted by Crippen LogP contribution is 2.21. The Morgan fingerprint density at radius 2 is 1.52 bits per heavy atom. The molecule has 0 aliphatic heterocycles. The maximum Gasteiger partial charge on any atom is 0.225 e. The van der Waals surface area contributed by atoms with Gasteiger partial charge in [0.2, 0.25) is 5.28 Å². The summed E-state index contributed by atoms with van der Waals surface area (Å²) in [5.41, 5.74) is 2.37. The van der Waals surface area contributed by atoms with Gasteiger partial charge >= 0.3 is 0 Å². The largest absolute Gasteiger partial charge is 0.298 e. The van der Waals surface area contributed by atoms with Crippen molar-refractivity contribution in [3.8, 4) is 11.4 Å². The smallest absolute Gasteiger partial charge is 0.225 e. The van der Waals surface area contributed by atoms with Crippen LogP contribution in [0.3, 0.4) is 0 Å². The lowest BCUT2D eigenvalue weighted by molar-refractivity contribution is 0.646. The van der Waals surface area contributed by atoms with E-state index in [1.165, 1.54) is 5.56 Å². The Morgan fingerprint density at radius 3 is 2.24 bits per heavy atom. The average molecular weight is 298 g/mol. The Morgan fingerprint density at radius 1 is 0.857 bits per heavy atom. The maximum absolute atomic E-state index is 6.17. The number of aromatic nitrogens is 3. The van der Waals surface area contributed by atoms with Gasteiger partial charge in [0.25, 0.3) is 0 Å². The molecule has 0 atom stereocenters. The minimum absolute atomic E-state index is 0.446. The number of hydrogen-bond acceptors (Lipinski definition) is 2. The lowest BCUT2D eigenvalue weighted by atomic mass is 10.1. The highest BCUT2D eigenvalue weighted by atomic mass is 35.5. The zero-order chi connectivity index (χ0) is 14.5. The standard InChI is InChI=1S/C17H16ClN3/c18-17-20-19-16(15-11-5-2-6-12-15)21(17)13-7-10-14-8-3-1-4-9-14/h1-6,8-9,11-12H,7,10,13H2. The molecular formula is C17H16ClN3. The van der Waals surface area contributed by atoms with E-state index < -0.39 is 0 Å². The van der Waals surface area contributed by atoms with E-state index in [4.69, 9.17) is 11.6 Å². The third kappa shape index (κ3) is 3.31. The molecule has 0 aliphatic carbocycles. The van der Waals surface area contributed by atoms with Gasteiger partial charge in [-0.1, -0.05) is 60.7 Å². The van der Waals surface area contributed by atoms with Gasteiger partial charge in [0, 0.05) is 12.1 Å². The van der Waals surface area contributed by atoms with Crippen LogP contribution in [0.15, 0.2) is 60.7 Å². The molecule has 0 amide bonds. The number of benzene rings is 2. The third-order valence-electron chi connectivity index (χ3n) is 3.43. The molecular weight excluding hydrogens is 282 g/mol. The molecule has 4 heteroatoms. The Balaban J connectivity index is 1.72. The summed E-state index contributed by atoms with van der Waals surface area (Å²) in [6, 6.07) is 20.5. The molecule has 0 saturated carbocycles. The molecule has 0 aliphatic rings. The van der Waals surface area contributed by atoms with E-state index in [2.05, 4.69) is 34.5 Å². The van der Waals surface area contributed by atoms with Crippen LogP contribution >= 0.6 is 11.6 Å². The first-order valence-electron chi connectivity index (χ1n) is 7.02. The molecule has 3 aromatic rings. The van der Waals surface area contributed by atoms with E-state index in [0.29, 0.717) is 5.28 Å². The summed E-state index contributed by atoms with van der Waals surface area (Å²) in [5.74, 6) is 0.827. The van der Waals surface area contributed by atoms with Crippen LogP contribution in [0.1, 0.15) is 12.0 Å². The minimum Gasteiger partial charge on any atom is -0.298 e. The van der Waals surface area contributed by atoms with Gasteiger partial charge in [0.15, 0.2) is 5.82 Å². The summed E-state index contributed by atoms with van der Waals surface area (Å²) < 4.78 is 1.97. The summed E-state index contributed by atoms with van der Waals surface area (Å²) in [5, 5.41) is 8.64. The maximum atomic E-state index is 6.17. The van der Waals surface area contributed by atoms with Crippen molar-refractivity contribution in [2.24, 2.45) is 0 Å². The van der Waals surface area contributed by atoms with Crippen molar-refractivity contribution in [3.63, 3.8) is 0 Å². The van der Waals surface area contributed by atoms with E-state index in [1.807, 2.05) is 41.0 Å². The molecule has 0 saturated heterocycles. The van der Waals surface area contributed by atoms with Crippen LogP contribution < -0.4 is 0 Å². The highest BCUT2D eigenvalue weighted by molar-refractivity contribution is 6.28. The van der Waals surface area contributed by atoms with Crippen molar-refractivity contribution in [2.75, 3.05) is 0 Å². The van der Waals surface area contributed by atoms with Crippen LogP contribution in [0, 0.1) is 0 Å². The summed E-state index contributed by atoms with van der Waals surface area (Å²) in [6.07, 6.45) is 2.02. The van der Waals surface area contributed by atoms with Crippen molar-refractivity contribution in [1.29, 1.82) is 0 Å². The number of hydrogen-bond donors (Lipinski definition) is 0. The molecule has 106 valence electrons. The first kappa shape index (κ1) is 13.8. The Kier molecular flexibility index (Phi) is 4.31. The van der Waals surface area contributed by atoms with Gasteiger partial charge in [-0.2, -0.15) is 0 Å². The van der Waals surface area contributed by atoms with Gasteiger partial charge in [0.05, 0.1) is 0 Å². The lowest BCUT2D eigenvalue weighted by Gasteiger charge is -2.08. The second kappa shape index (κ2) is 6.55. The van der Waals surface area contributed by atoms with Crippen LogP contribution in [-0.2, 0) is 13.0 Å². The Labute approximate surface area is 129 Å². The number of aryl methyl sites for hydroxylation is 1. The molecule has 0 fully saturated rings. The topological polar surface area (TPSA) is 30.7 Å². The van der Waals surface area contributed by atoms with E-state index in [1.54, 1.807) is 0 Å². The molecule has 0 bridgehead atoms. The van der Waals surface area contributed by atoms with Gasteiger partial charge < -0.3 is 0 Å². The van der Waals surface area contributed by atoms with Gasteiger partial charge in [-0.15, -0.1) is 10.2 Å². The molecule has 0 radical (unpaired) electrons. The minimum atomic E-state index is 0.446. The Hall–Kier alpha value is -2.13. The zero-order valence-electron chi connectivity index (χ0n) is 11.6. The van der Waals surface area contributed by atoms with E-state index in [9.17, 15) is 0 Å². The molecule has 3 nitrogen and oxygen atoms in total. The first-order chi connectivity index (χ1) is 10.3. The predicted octanol–water partition coefficient (Wildman–Crippen LogP) is 4.23. The summed E-state index contributed by atoms with van der Waals surface area (Å²) in [4.78, 5) is 0. The van der Waals surface area contributed by atoms with Gasteiger partial charge in [-0.05, 0) is 30.0 Å². The van der Waals surface area contributed by atoms with Crippen LogP contribution in [0.5, 0.6) is 0 Å². The molecule has 1 heterocycles. The second-order valence-corrected chi connectivity index (χ2v) is 5.24. The predicted molar refractivity (Wildman–Crippen MR) is 85.2 cm³/mol. The molecule has 0 unspecified atom stereocenters. The van der Waals surface area contributed by atoms with Crippen molar-refractivity contribution >= 4 is 11.6 Å². The lowest BCUT2D eigenvalue weighted by Crippen LogP contribution is -2.02. The van der Waals surface area contributed by atoms with Crippen LogP contribution in [0.2, 0.25) is 5.28 Å². The fraction of sp³-hybridized carbons (Fsp3) is 0.176. The molecule has 1 aromatic heterocycles. The van der Waals surface area contributed by atoms with Crippen LogP contribution in [-0.4, -0.2) is 14.8 Å². The molecule has 2 aromatic carbocycles. The van der Waals surface area contributed by atoms with Crippen molar-refractivity contribution in [1.82, 2.24) is 14.8 Å². The fourth-order valence-corrected chi connectivity index (χ4v) is 2.57. The quantitative estimate of drug-likeness (QED) is 0.705. The zero-order valence-corrected chi connectivity index (χ0v) is 12.4. The fourth-order valence-electron chi connectivity index (χ4n) is 2.37. The highest BCUT2D eigenvalue weighted by Gasteiger charge is 2.11. The van der Waals surface area contributed by atoms with Gasteiger partial charge in [0.1, 0.15) is 0 Å². The van der Waals surface area contributed by atoms with Crippen molar-refractivity contribution in [3.05, 3.63) is 71.5 Å². The van der Waals surface area contributed by atoms with Crippen LogP contribution in [0.4, 0.5) is 0 Å². The normalized spacial score (nSPS) is 10.7. The Bertz CT molecular complexity index is 693. The SMILES string of the molecule is Clc1nnc(-c2ccccc2)n1CCCc1ccccc1. The van der Waals surface area contributed by atoms with E-state index >= 15 is 0 Å². The average Bonchev–Trinajstić information content (AvgIpc) is 2.91. The van der Waals surface area contributed by atoms with E-state index in [0.717, 1.165) is 30.8 Å². The first-order valence-corrected chi connectivity index (χ1v) is 7.40. The van der Waals surface area contributed by atoms with Crippen LogP contribution in [0.25, 0.3) is 11.4 Å². The molecule has 0 spiro atoms. The monoisotopic (exact) mass is 297 g/mol. The van der Waals surface area contributed by atoms with Gasteiger partial charge in [-0.25, -0.2) is 0 Å². The van der Waals surface area contributed by atoms with E-state index in [-0.39, 0.29) is 0 Å². The number of rotatable bonds is 5. The summed E-state index contributed by atoms with van der Waals surface area (Å²) in [6.45, 7) is 0.810. The third-order valence-corrected chi connectivity index (χ3v) is 3.71. The number of halogens is 1. The molecule has 3 rings (SSSR count). The summed E-state index contributed by atoms with van der Waals surface area (Å²) >= 11 is 6.17. The molecule has 21 heavy (non-hydrogen) atoms. The second-order valence-electron chi connectivity index (χ2n) is 4.90. The molecule has 0 N–H and O–H groups in total. The number of nitrogens with zero attached hydrogens (tertiary/aromatic N) is 3. The van der Waals surface area contributed by atoms with Crippen molar-refractivity contribution < 1.29 is 0 Å².